The molecule has 0 aromatic heterocycles. The van der Waals surface area contributed by atoms with Gasteiger partial charge in [0, 0.05) is 5.56 Å². The van der Waals surface area contributed by atoms with E-state index in [0.29, 0.717) is 22.4 Å². The summed E-state index contributed by atoms with van der Waals surface area (Å²) in [6.07, 6.45) is 0. The molecule has 4 rings (SSSR count). The molecule has 168 valence electrons. The van der Waals surface area contributed by atoms with Gasteiger partial charge in [0.2, 0.25) is 0 Å². The smallest absolute Gasteiger partial charge is 0.300 e. The Morgan fingerprint density at radius 3 is 2.27 bits per heavy atom. The second-order valence-electron chi connectivity index (χ2n) is 7.93. The standard InChI is InChI=1S/C26H23NO6/c1-14-4-11-21(29)20(12-14)27-23(16-5-7-17(28)8-6-16)22(25(31)26(27)32)24(30)19-10-9-18(33-3)13-15(19)2/h4-13,23,28-30H,1-3H3/b24-22-. The third-order valence-corrected chi connectivity index (χ3v) is 5.73. The Morgan fingerprint density at radius 1 is 0.939 bits per heavy atom. The van der Waals surface area contributed by atoms with Gasteiger partial charge >= 0.3 is 0 Å². The van der Waals surface area contributed by atoms with Gasteiger partial charge in [0.15, 0.2) is 0 Å². The fourth-order valence-electron chi connectivity index (χ4n) is 4.05. The number of ketones is 1. The molecule has 3 N–H and O–H groups in total. The van der Waals surface area contributed by atoms with E-state index in [-0.39, 0.29) is 28.5 Å². The summed E-state index contributed by atoms with van der Waals surface area (Å²) in [6, 6.07) is 14.7. The zero-order chi connectivity index (χ0) is 23.9. The summed E-state index contributed by atoms with van der Waals surface area (Å²) in [4.78, 5) is 27.6. The molecule has 33 heavy (non-hydrogen) atoms. The molecule has 7 heteroatoms. The van der Waals surface area contributed by atoms with E-state index >= 15 is 0 Å². The maximum atomic E-state index is 13.2. The molecule has 0 saturated carbocycles. The molecule has 1 aliphatic heterocycles. The van der Waals surface area contributed by atoms with Gasteiger partial charge in [0.25, 0.3) is 11.7 Å². The normalized spacial score (nSPS) is 17.4. The highest BCUT2D eigenvalue weighted by molar-refractivity contribution is 6.52. The average molecular weight is 445 g/mol. The molecular weight excluding hydrogens is 422 g/mol. The van der Waals surface area contributed by atoms with Gasteiger partial charge < -0.3 is 20.1 Å². The minimum absolute atomic E-state index is 0.0140. The molecule has 1 atom stereocenters. The first kappa shape index (κ1) is 22.0. The predicted molar refractivity (Wildman–Crippen MR) is 123 cm³/mol. The van der Waals surface area contributed by atoms with E-state index in [1.807, 2.05) is 0 Å². The lowest BCUT2D eigenvalue weighted by Gasteiger charge is -2.26. The zero-order valence-electron chi connectivity index (χ0n) is 18.4. The fraction of sp³-hybridized carbons (Fsp3) is 0.154. The third kappa shape index (κ3) is 3.78. The van der Waals surface area contributed by atoms with Crippen LogP contribution in [0.1, 0.15) is 28.3 Å². The number of phenols is 2. The van der Waals surface area contributed by atoms with Crippen LogP contribution in [0.25, 0.3) is 5.76 Å². The molecule has 7 nitrogen and oxygen atoms in total. The topological polar surface area (TPSA) is 107 Å². The highest BCUT2D eigenvalue weighted by atomic mass is 16.5. The Bertz CT molecular complexity index is 1290. The van der Waals surface area contributed by atoms with Crippen LogP contribution in [0.3, 0.4) is 0 Å². The van der Waals surface area contributed by atoms with Gasteiger partial charge in [-0.2, -0.15) is 0 Å². The maximum absolute atomic E-state index is 13.2. The number of ether oxygens (including phenoxy) is 1. The number of nitrogens with zero attached hydrogens (tertiary/aromatic N) is 1. The van der Waals surface area contributed by atoms with Crippen LogP contribution in [-0.2, 0) is 9.59 Å². The summed E-state index contributed by atoms with van der Waals surface area (Å²) in [5.74, 6) is -1.65. The molecule has 1 aliphatic rings. The van der Waals surface area contributed by atoms with Gasteiger partial charge in [-0.05, 0) is 73.0 Å². The number of carbonyl (C=O) groups is 2. The van der Waals surface area contributed by atoms with Gasteiger partial charge in [-0.15, -0.1) is 0 Å². The van der Waals surface area contributed by atoms with Crippen molar-refractivity contribution in [1.82, 2.24) is 0 Å². The van der Waals surface area contributed by atoms with Crippen molar-refractivity contribution in [3.8, 4) is 17.2 Å². The third-order valence-electron chi connectivity index (χ3n) is 5.73. The zero-order valence-corrected chi connectivity index (χ0v) is 18.4. The number of hydrogen-bond acceptors (Lipinski definition) is 6. The van der Waals surface area contributed by atoms with Crippen LogP contribution in [0.15, 0.2) is 66.2 Å². The van der Waals surface area contributed by atoms with Crippen molar-refractivity contribution in [3.63, 3.8) is 0 Å². The van der Waals surface area contributed by atoms with Crippen molar-refractivity contribution in [3.05, 3.63) is 88.5 Å². The molecular formula is C26H23NO6. The largest absolute Gasteiger partial charge is 0.508 e. The quantitative estimate of drug-likeness (QED) is 0.313. The van der Waals surface area contributed by atoms with Gasteiger partial charge in [0.05, 0.1) is 24.4 Å². The number of hydrogen-bond donors (Lipinski definition) is 3. The Kier molecular flexibility index (Phi) is 5.55. The molecule has 0 radical (unpaired) electrons. The summed E-state index contributed by atoms with van der Waals surface area (Å²) < 4.78 is 5.22. The monoisotopic (exact) mass is 445 g/mol. The lowest BCUT2D eigenvalue weighted by molar-refractivity contribution is -0.132. The SMILES string of the molecule is COc1ccc(/C(O)=C2/C(=O)C(=O)N(c3cc(C)ccc3O)C2c2ccc(O)cc2)c(C)c1. The van der Waals surface area contributed by atoms with E-state index in [4.69, 9.17) is 4.74 Å². The minimum Gasteiger partial charge on any atom is -0.508 e. The number of amides is 1. The number of Topliss-reactive ketones (excluding diaryl/α,β-unsaturated/α-hetero) is 1. The van der Waals surface area contributed by atoms with E-state index in [1.165, 1.54) is 30.2 Å². The highest BCUT2D eigenvalue weighted by Gasteiger charge is 2.47. The average Bonchev–Trinajstić information content (AvgIpc) is 3.06. The number of phenolic OH excluding ortho intramolecular Hbond substituents is 2. The summed E-state index contributed by atoms with van der Waals surface area (Å²) >= 11 is 0. The summed E-state index contributed by atoms with van der Waals surface area (Å²) in [7, 11) is 1.53. The van der Waals surface area contributed by atoms with Crippen molar-refractivity contribution in [2.24, 2.45) is 0 Å². The van der Waals surface area contributed by atoms with E-state index in [2.05, 4.69) is 0 Å². The first-order chi connectivity index (χ1) is 15.7. The van der Waals surface area contributed by atoms with Crippen molar-refractivity contribution in [2.75, 3.05) is 12.0 Å². The van der Waals surface area contributed by atoms with Crippen LogP contribution in [0.5, 0.6) is 17.2 Å². The number of aryl methyl sites for hydroxylation is 2. The molecule has 1 heterocycles. The molecule has 0 aliphatic carbocycles. The van der Waals surface area contributed by atoms with E-state index in [0.717, 1.165) is 5.56 Å². The molecule has 3 aromatic rings. The lowest BCUT2D eigenvalue weighted by Crippen LogP contribution is -2.29. The van der Waals surface area contributed by atoms with E-state index < -0.39 is 17.7 Å². The van der Waals surface area contributed by atoms with Crippen LogP contribution in [0.4, 0.5) is 5.69 Å². The Morgan fingerprint density at radius 2 is 1.64 bits per heavy atom. The van der Waals surface area contributed by atoms with Crippen molar-refractivity contribution in [1.29, 1.82) is 0 Å². The Balaban J connectivity index is 1.98. The van der Waals surface area contributed by atoms with Crippen molar-refractivity contribution >= 4 is 23.1 Å². The van der Waals surface area contributed by atoms with Crippen LogP contribution in [0, 0.1) is 13.8 Å². The minimum atomic E-state index is -1.01. The maximum Gasteiger partial charge on any atom is 0.300 e. The molecule has 0 bridgehead atoms. The summed E-state index contributed by atoms with van der Waals surface area (Å²) in [5.41, 5.74) is 2.34. The summed E-state index contributed by atoms with van der Waals surface area (Å²) in [5, 5.41) is 31.5. The first-order valence-electron chi connectivity index (χ1n) is 10.3. The van der Waals surface area contributed by atoms with Gasteiger partial charge in [-0.1, -0.05) is 18.2 Å². The number of methoxy groups -OCH3 is 1. The molecule has 1 saturated heterocycles. The number of rotatable bonds is 4. The molecule has 0 spiro atoms. The number of aliphatic hydroxyl groups excluding tert-OH is 1. The number of carbonyl (C=O) groups excluding carboxylic acids is 2. The second kappa shape index (κ2) is 8.35. The molecule has 1 fully saturated rings. The first-order valence-corrected chi connectivity index (χ1v) is 10.3. The van der Waals surface area contributed by atoms with E-state index in [9.17, 15) is 24.9 Å². The highest BCUT2D eigenvalue weighted by Crippen LogP contribution is 2.45. The van der Waals surface area contributed by atoms with Crippen molar-refractivity contribution < 1.29 is 29.6 Å². The summed E-state index contributed by atoms with van der Waals surface area (Å²) in [6.45, 7) is 3.56. The number of benzene rings is 3. The second-order valence-corrected chi connectivity index (χ2v) is 7.93. The Hall–Kier alpha value is -4.26. The van der Waals surface area contributed by atoms with Crippen LogP contribution in [0.2, 0.25) is 0 Å². The number of aliphatic hydroxyl groups is 1. The van der Waals surface area contributed by atoms with Crippen LogP contribution < -0.4 is 9.64 Å². The molecule has 1 unspecified atom stereocenters. The van der Waals surface area contributed by atoms with Gasteiger partial charge in [0.1, 0.15) is 23.0 Å². The Labute approximate surface area is 190 Å². The van der Waals surface area contributed by atoms with Crippen molar-refractivity contribution in [2.45, 2.75) is 19.9 Å². The molecule has 1 amide bonds. The van der Waals surface area contributed by atoms with E-state index in [1.54, 1.807) is 56.3 Å². The number of anilines is 1. The molecule has 3 aromatic carbocycles. The predicted octanol–water partition coefficient (Wildman–Crippen LogP) is 4.35. The fourth-order valence-corrected chi connectivity index (χ4v) is 4.05. The van der Waals surface area contributed by atoms with Gasteiger partial charge in [-0.3, -0.25) is 14.5 Å². The lowest BCUT2D eigenvalue weighted by atomic mass is 9.93. The number of aromatic hydroxyl groups is 2. The van der Waals surface area contributed by atoms with Gasteiger partial charge in [-0.25, -0.2) is 0 Å². The van der Waals surface area contributed by atoms with Crippen LogP contribution >= 0.6 is 0 Å². The van der Waals surface area contributed by atoms with Crippen LogP contribution in [-0.4, -0.2) is 34.1 Å².